The van der Waals surface area contributed by atoms with Crippen LogP contribution in [0.15, 0.2) is 54.6 Å². The molecule has 3 aromatic rings. The van der Waals surface area contributed by atoms with E-state index in [-0.39, 0.29) is 18.3 Å². The van der Waals surface area contributed by atoms with Crippen LogP contribution >= 0.6 is 0 Å². The molecule has 7 nitrogen and oxygen atoms in total. The van der Waals surface area contributed by atoms with E-state index in [0.717, 1.165) is 27.7 Å². The Kier molecular flexibility index (Phi) is 9.47. The Morgan fingerprint density at radius 3 is 2.18 bits per heavy atom. The van der Waals surface area contributed by atoms with E-state index in [9.17, 15) is 23.8 Å². The van der Waals surface area contributed by atoms with Gasteiger partial charge in [-0.3, -0.25) is 4.79 Å². The minimum absolute atomic E-state index is 0.0728. The second-order valence-electron chi connectivity index (χ2n) is 7.91. The molecule has 1 aromatic heterocycles. The highest BCUT2D eigenvalue weighted by Crippen LogP contribution is 2.38. The summed E-state index contributed by atoms with van der Waals surface area (Å²) in [5, 5.41) is 36.6. The fraction of sp³-hybridized carbons (Fsp3) is 0.280. The number of carboxylic acids is 1. The van der Waals surface area contributed by atoms with Gasteiger partial charge >= 0.3 is 12.2 Å². The number of nitrogens with zero attached hydrogens (tertiary/aromatic N) is 1. The largest absolute Gasteiger partial charge is 0.492 e. The van der Waals surface area contributed by atoms with Gasteiger partial charge in [0.1, 0.15) is 5.82 Å². The molecule has 3 rings (SSSR count). The number of para-hydroxylation sites is 1. The minimum Gasteiger partial charge on any atom is -0.481 e. The quantitative estimate of drug-likeness (QED) is 0.330. The Hall–Kier alpha value is -3.56. The van der Waals surface area contributed by atoms with Gasteiger partial charge in [0.15, 0.2) is 0 Å². The van der Waals surface area contributed by atoms with E-state index in [0.29, 0.717) is 0 Å². The molecule has 0 amide bonds. The fourth-order valence-corrected chi connectivity index (χ4v) is 3.77. The Morgan fingerprint density at radius 1 is 1.03 bits per heavy atom. The Labute approximate surface area is 195 Å². The lowest BCUT2D eigenvalue weighted by molar-refractivity contribution is -0.139. The molecule has 0 saturated carbocycles. The number of aliphatic hydroxyl groups is 2. The minimum atomic E-state index is -2.33. The first kappa shape index (κ1) is 26.7. The van der Waals surface area contributed by atoms with Gasteiger partial charge in [-0.05, 0) is 43.7 Å². The van der Waals surface area contributed by atoms with E-state index in [1.165, 1.54) is 12.1 Å². The van der Waals surface area contributed by atoms with Crippen LogP contribution in [0.1, 0.15) is 38.4 Å². The summed E-state index contributed by atoms with van der Waals surface area (Å²) in [6.07, 6.45) is -1.61. The molecule has 0 spiro atoms. The lowest BCUT2D eigenvalue weighted by Gasteiger charge is -2.15. The maximum atomic E-state index is 13.5. The molecule has 2 aromatic carbocycles. The first-order valence-corrected chi connectivity index (χ1v) is 10.5. The van der Waals surface area contributed by atoms with Crippen molar-refractivity contribution in [3.63, 3.8) is 0 Å². The summed E-state index contributed by atoms with van der Waals surface area (Å²) in [6.45, 7) is 4.12. The maximum Gasteiger partial charge on any atom is 0.492 e. The molecule has 9 heteroatoms. The van der Waals surface area contributed by atoms with Gasteiger partial charge in [0, 0.05) is 34.6 Å². The molecular formula is C25H27F2NO6. The van der Waals surface area contributed by atoms with Crippen LogP contribution in [0.4, 0.5) is 13.6 Å². The summed E-state index contributed by atoms with van der Waals surface area (Å²) >= 11 is 0. The van der Waals surface area contributed by atoms with E-state index in [2.05, 4.69) is 18.4 Å². The summed E-state index contributed by atoms with van der Waals surface area (Å²) in [5.74, 6) is -1.43. The third-order valence-electron chi connectivity index (χ3n) is 5.00. The van der Waals surface area contributed by atoms with E-state index < -0.39 is 30.8 Å². The standard InChI is InChI=1S/C24H26FNO4.CHFO2/c1-15(2)26-21-6-4-3-5-20(21)24(16-7-9-17(25)10-8-16)22(26)12-11-18(27)13-19(28)14-23(29)30;2-1(3)4/h3-12,15,18-19,27-28H,13-14H2,1-2H3,(H,29,30);(H,3,4)/b12-11+;. The van der Waals surface area contributed by atoms with Crippen molar-refractivity contribution in [2.24, 2.45) is 0 Å². The predicted molar refractivity (Wildman–Crippen MR) is 125 cm³/mol. The predicted octanol–water partition coefficient (Wildman–Crippen LogP) is 5.26. The van der Waals surface area contributed by atoms with Crippen molar-refractivity contribution in [1.29, 1.82) is 0 Å². The molecule has 0 aliphatic heterocycles. The van der Waals surface area contributed by atoms with Crippen LogP contribution in [-0.2, 0) is 4.79 Å². The Morgan fingerprint density at radius 2 is 1.62 bits per heavy atom. The van der Waals surface area contributed by atoms with Crippen LogP contribution in [0, 0.1) is 5.82 Å². The normalized spacial score (nSPS) is 13.0. The summed E-state index contributed by atoms with van der Waals surface area (Å²) < 4.78 is 25.6. The van der Waals surface area contributed by atoms with Gasteiger partial charge in [-0.1, -0.05) is 36.4 Å². The number of rotatable bonds is 8. The third-order valence-corrected chi connectivity index (χ3v) is 5.00. The average Bonchev–Trinajstić information content (AvgIpc) is 3.06. The number of hydrogen-bond acceptors (Lipinski definition) is 4. The molecule has 0 saturated heterocycles. The zero-order valence-electron chi connectivity index (χ0n) is 18.7. The molecular weight excluding hydrogens is 448 g/mol. The zero-order valence-corrected chi connectivity index (χ0v) is 18.7. The molecule has 2 unspecified atom stereocenters. The third kappa shape index (κ3) is 7.23. The zero-order chi connectivity index (χ0) is 25.4. The van der Waals surface area contributed by atoms with Gasteiger partial charge in [-0.25, -0.2) is 9.18 Å². The molecule has 0 aliphatic carbocycles. The van der Waals surface area contributed by atoms with Gasteiger partial charge in [-0.2, -0.15) is 0 Å². The number of fused-ring (bicyclic) bond motifs is 1. The van der Waals surface area contributed by atoms with Crippen molar-refractivity contribution < 1.29 is 38.8 Å². The highest BCUT2D eigenvalue weighted by atomic mass is 19.1. The summed E-state index contributed by atoms with van der Waals surface area (Å²) in [6, 6.07) is 14.4. The molecule has 0 bridgehead atoms. The number of benzene rings is 2. The van der Waals surface area contributed by atoms with Crippen LogP contribution in [0.25, 0.3) is 28.1 Å². The fourth-order valence-electron chi connectivity index (χ4n) is 3.77. The Bertz CT molecular complexity index is 1150. The maximum absolute atomic E-state index is 13.5. The average molecular weight is 475 g/mol. The van der Waals surface area contributed by atoms with Crippen molar-refractivity contribution in [2.75, 3.05) is 0 Å². The van der Waals surface area contributed by atoms with Crippen molar-refractivity contribution >= 4 is 29.2 Å². The second-order valence-corrected chi connectivity index (χ2v) is 7.91. The Balaban J connectivity index is 0.000000945. The van der Waals surface area contributed by atoms with Crippen molar-refractivity contribution in [1.82, 2.24) is 4.57 Å². The summed E-state index contributed by atoms with van der Waals surface area (Å²) in [7, 11) is 0. The molecule has 34 heavy (non-hydrogen) atoms. The van der Waals surface area contributed by atoms with Crippen LogP contribution < -0.4 is 0 Å². The van der Waals surface area contributed by atoms with Crippen LogP contribution in [0.2, 0.25) is 0 Å². The SMILES string of the molecule is CC(C)n1c(/C=C/C(O)CC(O)CC(=O)O)c(-c2ccc(F)cc2)c2ccccc21.O=C(O)F. The molecule has 0 aliphatic rings. The number of carbonyl (C=O) groups is 2. The highest BCUT2D eigenvalue weighted by Gasteiger charge is 2.19. The molecule has 4 N–H and O–H groups in total. The smallest absolute Gasteiger partial charge is 0.481 e. The number of hydrogen-bond donors (Lipinski definition) is 4. The van der Waals surface area contributed by atoms with Gasteiger partial charge in [0.25, 0.3) is 0 Å². The van der Waals surface area contributed by atoms with Gasteiger partial charge in [0.2, 0.25) is 0 Å². The van der Waals surface area contributed by atoms with Gasteiger partial charge in [0.05, 0.1) is 18.6 Å². The van der Waals surface area contributed by atoms with E-state index >= 15 is 0 Å². The van der Waals surface area contributed by atoms with Crippen LogP contribution in [0.5, 0.6) is 0 Å². The first-order valence-electron chi connectivity index (χ1n) is 10.5. The van der Waals surface area contributed by atoms with E-state index in [1.54, 1.807) is 24.3 Å². The molecule has 1 heterocycles. The van der Waals surface area contributed by atoms with Crippen LogP contribution in [-0.4, -0.2) is 49.4 Å². The number of aliphatic hydroxyl groups excluding tert-OH is 2. The van der Waals surface area contributed by atoms with Crippen molar-refractivity contribution in [3.8, 4) is 11.1 Å². The molecule has 2 atom stereocenters. The lowest BCUT2D eigenvalue weighted by atomic mass is 10.0. The van der Waals surface area contributed by atoms with Crippen LogP contribution in [0.3, 0.4) is 0 Å². The highest BCUT2D eigenvalue weighted by molar-refractivity contribution is 6.01. The lowest BCUT2D eigenvalue weighted by Crippen LogP contribution is -2.19. The van der Waals surface area contributed by atoms with Gasteiger partial charge in [-0.15, -0.1) is 4.39 Å². The number of carboxylic acid groups (broad SMARTS) is 2. The van der Waals surface area contributed by atoms with Crippen molar-refractivity contribution in [2.45, 2.75) is 44.9 Å². The van der Waals surface area contributed by atoms with Crippen molar-refractivity contribution in [3.05, 3.63) is 66.1 Å². The molecule has 0 fully saturated rings. The van der Waals surface area contributed by atoms with Gasteiger partial charge < -0.3 is 25.0 Å². The topological polar surface area (TPSA) is 120 Å². The second kappa shape index (κ2) is 12.1. The van der Waals surface area contributed by atoms with E-state index in [1.807, 2.05) is 24.3 Å². The van der Waals surface area contributed by atoms with E-state index in [4.69, 9.17) is 15.0 Å². The summed E-state index contributed by atoms with van der Waals surface area (Å²) in [5.41, 5.74) is 3.65. The number of halogens is 2. The number of aromatic nitrogens is 1. The summed E-state index contributed by atoms with van der Waals surface area (Å²) in [4.78, 5) is 19.1. The first-order chi connectivity index (χ1) is 16.0. The monoisotopic (exact) mass is 475 g/mol. The number of aliphatic carboxylic acids is 1. The molecule has 0 radical (unpaired) electrons. The molecule has 182 valence electrons.